The highest BCUT2D eigenvalue weighted by atomic mass is 35.5. The molecule has 0 aromatic heterocycles. The Kier molecular flexibility index (Phi) is 6.59. The van der Waals surface area contributed by atoms with Crippen molar-refractivity contribution in [1.29, 1.82) is 0 Å². The van der Waals surface area contributed by atoms with Gasteiger partial charge in [0.2, 0.25) is 10.0 Å². The lowest BCUT2D eigenvalue weighted by Gasteiger charge is -2.14. The summed E-state index contributed by atoms with van der Waals surface area (Å²) in [7, 11) is -3.63. The number of hydrogen-bond acceptors (Lipinski definition) is 4. The molecule has 1 saturated carbocycles. The molecule has 1 aliphatic rings. The van der Waals surface area contributed by atoms with Crippen molar-refractivity contribution in [3.63, 3.8) is 0 Å². The molecule has 6 nitrogen and oxygen atoms in total. The minimum absolute atomic E-state index is 0.0233. The van der Waals surface area contributed by atoms with E-state index in [1.807, 2.05) is 25.1 Å². The number of carbonyl (C=O) groups excluding carboxylic acids is 1. The fraction of sp³-hybridized carbons (Fsp3) is 0.350. The molecule has 0 radical (unpaired) electrons. The first-order chi connectivity index (χ1) is 13.3. The Morgan fingerprint density at radius 1 is 1.18 bits per heavy atom. The number of hydrogen-bond donors (Lipinski definition) is 2. The number of aryl methyl sites for hydroxylation is 1. The maximum atomic E-state index is 12.5. The van der Waals surface area contributed by atoms with Crippen molar-refractivity contribution in [3.8, 4) is 5.75 Å². The molecule has 0 bridgehead atoms. The highest BCUT2D eigenvalue weighted by molar-refractivity contribution is 7.89. The molecule has 2 aromatic carbocycles. The number of carbonyl (C=O) groups is 1. The zero-order chi connectivity index (χ0) is 20.1. The van der Waals surface area contributed by atoms with Crippen molar-refractivity contribution in [1.82, 2.24) is 4.72 Å². The summed E-state index contributed by atoms with van der Waals surface area (Å²) in [6.45, 7) is 1.66. The minimum atomic E-state index is -3.63. The Bertz CT molecular complexity index is 956. The third-order valence-electron chi connectivity index (χ3n) is 4.67. The molecule has 0 heterocycles. The minimum Gasteiger partial charge on any atom is -0.482 e. The molecule has 0 aliphatic heterocycles. The van der Waals surface area contributed by atoms with Gasteiger partial charge in [0.15, 0.2) is 6.61 Å². The molecule has 150 valence electrons. The van der Waals surface area contributed by atoms with Gasteiger partial charge in [-0.15, -0.1) is 0 Å². The van der Waals surface area contributed by atoms with E-state index in [0.717, 1.165) is 31.2 Å². The Labute approximate surface area is 170 Å². The van der Waals surface area contributed by atoms with Crippen molar-refractivity contribution in [3.05, 3.63) is 53.1 Å². The van der Waals surface area contributed by atoms with Crippen LogP contribution in [-0.4, -0.2) is 27.0 Å². The van der Waals surface area contributed by atoms with E-state index >= 15 is 0 Å². The summed E-state index contributed by atoms with van der Waals surface area (Å²) in [4.78, 5) is 12.2. The Balaban J connectivity index is 1.61. The molecule has 8 heteroatoms. The molecule has 0 unspecified atom stereocenters. The van der Waals surface area contributed by atoms with Crippen LogP contribution >= 0.6 is 11.6 Å². The van der Waals surface area contributed by atoms with E-state index in [4.69, 9.17) is 16.3 Å². The van der Waals surface area contributed by atoms with Crippen LogP contribution in [0.4, 0.5) is 5.69 Å². The molecule has 28 heavy (non-hydrogen) atoms. The average molecular weight is 423 g/mol. The number of rotatable bonds is 7. The first-order valence-corrected chi connectivity index (χ1v) is 11.0. The molecule has 2 N–H and O–H groups in total. The monoisotopic (exact) mass is 422 g/mol. The molecule has 1 aliphatic carbocycles. The van der Waals surface area contributed by atoms with Gasteiger partial charge in [-0.1, -0.05) is 42.6 Å². The predicted molar refractivity (Wildman–Crippen MR) is 109 cm³/mol. The quantitative estimate of drug-likeness (QED) is 0.709. The smallest absolute Gasteiger partial charge is 0.262 e. The zero-order valence-electron chi connectivity index (χ0n) is 15.6. The fourth-order valence-electron chi connectivity index (χ4n) is 3.14. The molecule has 0 saturated heterocycles. The number of nitrogens with one attached hydrogen (secondary N) is 2. The van der Waals surface area contributed by atoms with Gasteiger partial charge in [-0.25, -0.2) is 13.1 Å². The highest BCUT2D eigenvalue weighted by Crippen LogP contribution is 2.28. The lowest BCUT2D eigenvalue weighted by molar-refractivity contribution is -0.118. The lowest BCUT2D eigenvalue weighted by Crippen LogP contribution is -2.32. The van der Waals surface area contributed by atoms with E-state index in [0.29, 0.717) is 5.69 Å². The van der Waals surface area contributed by atoms with Gasteiger partial charge in [-0.2, -0.15) is 0 Å². The van der Waals surface area contributed by atoms with Crippen molar-refractivity contribution in [2.75, 3.05) is 11.9 Å². The van der Waals surface area contributed by atoms with Crippen molar-refractivity contribution < 1.29 is 17.9 Å². The van der Waals surface area contributed by atoms with Crippen LogP contribution in [0.5, 0.6) is 5.75 Å². The van der Waals surface area contributed by atoms with Crippen molar-refractivity contribution >= 4 is 33.2 Å². The fourth-order valence-corrected chi connectivity index (χ4v) is 4.77. The van der Waals surface area contributed by atoms with Crippen LogP contribution in [0.3, 0.4) is 0 Å². The van der Waals surface area contributed by atoms with E-state index < -0.39 is 10.0 Å². The Hall–Kier alpha value is -2.09. The number of anilines is 1. The number of ether oxygens (including phenoxy) is 1. The van der Waals surface area contributed by atoms with Crippen LogP contribution < -0.4 is 14.8 Å². The second kappa shape index (κ2) is 8.94. The van der Waals surface area contributed by atoms with Crippen LogP contribution in [0.25, 0.3) is 0 Å². The maximum Gasteiger partial charge on any atom is 0.262 e. The van der Waals surface area contributed by atoms with Gasteiger partial charge in [0.1, 0.15) is 5.75 Å². The molecule has 0 atom stereocenters. The standard InChI is InChI=1S/C20H23ClN2O4S/c1-14-6-2-5-9-18(14)22-20(24)13-27-19-11-10-16(12-17(19)21)28(25,26)23-15-7-3-4-8-15/h2,5-6,9-12,15,23H,3-4,7-8,13H2,1H3,(H,22,24). The molecular weight excluding hydrogens is 400 g/mol. The number of halogens is 1. The first-order valence-electron chi connectivity index (χ1n) is 9.15. The summed E-state index contributed by atoms with van der Waals surface area (Å²) in [5.74, 6) is -0.0774. The molecule has 3 rings (SSSR count). The summed E-state index contributed by atoms with van der Waals surface area (Å²) in [5, 5.41) is 2.90. The molecule has 2 aromatic rings. The van der Waals surface area contributed by atoms with Gasteiger partial charge < -0.3 is 10.1 Å². The van der Waals surface area contributed by atoms with E-state index in [1.54, 1.807) is 6.07 Å². The third kappa shape index (κ3) is 5.25. The van der Waals surface area contributed by atoms with Crippen molar-refractivity contribution in [2.45, 2.75) is 43.5 Å². The van der Waals surface area contributed by atoms with Crippen LogP contribution in [0, 0.1) is 6.92 Å². The van der Waals surface area contributed by atoms with E-state index in [2.05, 4.69) is 10.0 Å². The van der Waals surface area contributed by atoms with Gasteiger partial charge in [-0.3, -0.25) is 4.79 Å². The Morgan fingerprint density at radius 2 is 1.89 bits per heavy atom. The molecule has 0 spiro atoms. The number of amides is 1. The number of sulfonamides is 1. The van der Waals surface area contributed by atoms with E-state index in [-0.39, 0.29) is 34.2 Å². The number of para-hydroxylation sites is 1. The van der Waals surface area contributed by atoms with Gasteiger partial charge in [-0.05, 0) is 49.6 Å². The summed E-state index contributed by atoms with van der Waals surface area (Å²) in [6.07, 6.45) is 3.77. The molecular formula is C20H23ClN2O4S. The third-order valence-corrected chi connectivity index (χ3v) is 6.48. The van der Waals surface area contributed by atoms with Gasteiger partial charge in [0.05, 0.1) is 9.92 Å². The maximum absolute atomic E-state index is 12.5. The van der Waals surface area contributed by atoms with Crippen LogP contribution in [0.15, 0.2) is 47.4 Å². The van der Waals surface area contributed by atoms with Gasteiger partial charge in [0, 0.05) is 11.7 Å². The number of benzene rings is 2. The summed E-state index contributed by atoms with van der Waals surface area (Å²) in [5.41, 5.74) is 1.65. The van der Waals surface area contributed by atoms with Crippen LogP contribution in [-0.2, 0) is 14.8 Å². The largest absolute Gasteiger partial charge is 0.482 e. The average Bonchev–Trinajstić information content (AvgIpc) is 3.15. The second-order valence-corrected chi connectivity index (χ2v) is 8.97. The predicted octanol–water partition coefficient (Wildman–Crippen LogP) is 3.89. The van der Waals surface area contributed by atoms with Gasteiger partial charge in [0.25, 0.3) is 5.91 Å². The van der Waals surface area contributed by atoms with E-state index in [1.165, 1.54) is 18.2 Å². The first kappa shape index (κ1) is 20.6. The van der Waals surface area contributed by atoms with Crippen LogP contribution in [0.2, 0.25) is 5.02 Å². The molecule has 1 amide bonds. The highest BCUT2D eigenvalue weighted by Gasteiger charge is 2.23. The SMILES string of the molecule is Cc1ccccc1NC(=O)COc1ccc(S(=O)(=O)NC2CCCC2)cc1Cl. The summed E-state index contributed by atoms with van der Waals surface area (Å²) < 4.78 is 33.1. The van der Waals surface area contributed by atoms with Gasteiger partial charge >= 0.3 is 0 Å². The molecule has 1 fully saturated rings. The second-order valence-electron chi connectivity index (χ2n) is 6.85. The summed E-state index contributed by atoms with van der Waals surface area (Å²) in [6, 6.07) is 11.6. The topological polar surface area (TPSA) is 84.5 Å². The van der Waals surface area contributed by atoms with Crippen LogP contribution in [0.1, 0.15) is 31.2 Å². The zero-order valence-corrected chi connectivity index (χ0v) is 17.1. The van der Waals surface area contributed by atoms with E-state index in [9.17, 15) is 13.2 Å². The normalized spacial score (nSPS) is 14.8. The Morgan fingerprint density at radius 3 is 2.57 bits per heavy atom. The summed E-state index contributed by atoms with van der Waals surface area (Å²) >= 11 is 6.17. The lowest BCUT2D eigenvalue weighted by atomic mass is 10.2. The van der Waals surface area contributed by atoms with Crippen molar-refractivity contribution in [2.24, 2.45) is 0 Å².